The Balaban J connectivity index is 1.28. The summed E-state index contributed by atoms with van der Waals surface area (Å²) < 4.78 is 6.40. The van der Waals surface area contributed by atoms with E-state index in [-0.39, 0.29) is 29.9 Å². The van der Waals surface area contributed by atoms with E-state index in [9.17, 15) is 19.8 Å². The minimum atomic E-state index is -0.490. The number of aliphatic hydroxyl groups excluding tert-OH is 2. The highest BCUT2D eigenvalue weighted by Gasteiger charge is 2.41. The lowest BCUT2D eigenvalue weighted by atomic mass is 10.0. The maximum absolute atomic E-state index is 12.9. The number of amides is 2. The van der Waals surface area contributed by atoms with Crippen LogP contribution in [0.15, 0.2) is 18.2 Å². The van der Waals surface area contributed by atoms with E-state index in [2.05, 4.69) is 9.89 Å². The van der Waals surface area contributed by atoms with Gasteiger partial charge >= 0.3 is 11.8 Å². The van der Waals surface area contributed by atoms with Crippen molar-refractivity contribution >= 4 is 17.7 Å². The third-order valence-corrected chi connectivity index (χ3v) is 7.19. The standard InChI is InChI=1S/C23H29N3O5/c27-15-8-10-25(11-9-15)18-2-1-3-20(18)31-16-4-5-17-14(12-16)13-26(23(17)30)19-6-7-21(28)24-22(19)29/h4-5,12,15,18-20,27H,1-3,6-11,13H2,(H,24,28,29)/p+1. The highest BCUT2D eigenvalue weighted by atomic mass is 16.5. The summed E-state index contributed by atoms with van der Waals surface area (Å²) in [4.78, 5) is 30.9. The van der Waals surface area contributed by atoms with Crippen LogP contribution in [0.4, 0.5) is 0 Å². The lowest BCUT2D eigenvalue weighted by Gasteiger charge is -2.37. The highest BCUT2D eigenvalue weighted by Crippen LogP contribution is 2.33. The zero-order chi connectivity index (χ0) is 21.5. The number of aliphatic hydroxyl groups is 2. The molecular formula is C23H30N3O5+. The molecule has 166 valence electrons. The molecule has 0 aromatic heterocycles. The number of carbonyl (C=O) groups excluding carboxylic acids is 2. The van der Waals surface area contributed by atoms with Crippen molar-refractivity contribution in [2.24, 2.45) is 0 Å². The molecule has 3 heterocycles. The molecule has 1 saturated carbocycles. The van der Waals surface area contributed by atoms with Gasteiger partial charge in [0.1, 0.15) is 11.9 Å². The molecule has 4 aliphatic rings. The molecular weight excluding hydrogens is 398 g/mol. The number of ether oxygens (including phenoxy) is 1. The van der Waals surface area contributed by atoms with Crippen LogP contribution in [-0.4, -0.2) is 75.1 Å². The topological polar surface area (TPSA) is 104 Å². The molecule has 5 rings (SSSR count). The number of hydrogen-bond acceptors (Lipinski definition) is 5. The number of nitrogens with zero attached hydrogens (tertiary/aromatic N) is 2. The van der Waals surface area contributed by atoms with Crippen molar-refractivity contribution in [2.75, 3.05) is 13.1 Å². The molecule has 31 heavy (non-hydrogen) atoms. The highest BCUT2D eigenvalue weighted by molar-refractivity contribution is 6.01. The van der Waals surface area contributed by atoms with Gasteiger partial charge in [0, 0.05) is 31.2 Å². The molecule has 3 aliphatic heterocycles. The molecule has 1 aromatic rings. The lowest BCUT2D eigenvalue weighted by molar-refractivity contribution is -0.394. The van der Waals surface area contributed by atoms with Crippen molar-refractivity contribution in [3.8, 4) is 5.75 Å². The molecule has 0 spiro atoms. The predicted octanol–water partition coefficient (Wildman–Crippen LogP) is 0.125. The van der Waals surface area contributed by atoms with Crippen LogP contribution in [0.2, 0.25) is 0 Å². The van der Waals surface area contributed by atoms with Crippen molar-refractivity contribution in [3.05, 3.63) is 29.3 Å². The van der Waals surface area contributed by atoms with Crippen LogP contribution in [0.5, 0.6) is 5.75 Å². The Labute approximate surface area is 181 Å². The quantitative estimate of drug-likeness (QED) is 0.630. The fourth-order valence-electron chi connectivity index (χ4n) is 5.50. The van der Waals surface area contributed by atoms with Gasteiger partial charge in [0.25, 0.3) is 5.91 Å². The molecule has 0 bridgehead atoms. The molecule has 0 radical (unpaired) electrons. The Hall–Kier alpha value is -2.45. The first-order valence-corrected chi connectivity index (χ1v) is 11.4. The Morgan fingerprint density at radius 3 is 2.65 bits per heavy atom. The molecule has 8 nitrogen and oxygen atoms in total. The number of likely N-dealkylation sites (tertiary alicyclic amines) is 1. The number of hydrogen-bond donors (Lipinski definition) is 3. The van der Waals surface area contributed by atoms with E-state index in [4.69, 9.17) is 4.74 Å². The number of fused-ring (bicyclic) bond motifs is 1. The van der Waals surface area contributed by atoms with E-state index in [1.54, 1.807) is 4.90 Å². The molecule has 3 N–H and O–H groups in total. The molecule has 2 fully saturated rings. The van der Waals surface area contributed by atoms with Crippen LogP contribution < -0.4 is 9.73 Å². The minimum Gasteiger partial charge on any atom is -0.489 e. The second-order valence-electron chi connectivity index (χ2n) is 9.16. The molecule has 1 aliphatic carbocycles. The first-order chi connectivity index (χ1) is 15.0. The third-order valence-electron chi connectivity index (χ3n) is 7.19. The molecule has 1 aromatic carbocycles. The zero-order valence-electron chi connectivity index (χ0n) is 17.6. The second kappa shape index (κ2) is 8.24. The van der Waals surface area contributed by atoms with Crippen molar-refractivity contribution in [1.29, 1.82) is 0 Å². The van der Waals surface area contributed by atoms with Crippen LogP contribution in [0.25, 0.3) is 0 Å². The van der Waals surface area contributed by atoms with Crippen LogP contribution >= 0.6 is 0 Å². The molecule has 3 unspecified atom stereocenters. The maximum atomic E-state index is 12.9. The summed E-state index contributed by atoms with van der Waals surface area (Å²) in [7, 11) is 0. The second-order valence-corrected chi connectivity index (χ2v) is 9.16. The van der Waals surface area contributed by atoms with Gasteiger partial charge in [0.05, 0.1) is 12.5 Å². The van der Waals surface area contributed by atoms with Crippen LogP contribution in [0.3, 0.4) is 0 Å². The predicted molar refractivity (Wildman–Crippen MR) is 112 cm³/mol. The van der Waals surface area contributed by atoms with Gasteiger partial charge in [-0.15, -0.1) is 4.99 Å². The van der Waals surface area contributed by atoms with Gasteiger partial charge in [-0.1, -0.05) is 0 Å². The van der Waals surface area contributed by atoms with E-state index in [1.165, 1.54) is 0 Å². The average molecular weight is 429 g/mol. The van der Waals surface area contributed by atoms with Crippen molar-refractivity contribution < 1.29 is 29.5 Å². The summed E-state index contributed by atoms with van der Waals surface area (Å²) in [5.41, 5.74) is 1.52. The third kappa shape index (κ3) is 3.94. The molecule has 8 heteroatoms. The largest absolute Gasteiger partial charge is 0.489 e. The van der Waals surface area contributed by atoms with Gasteiger partial charge in [0.15, 0.2) is 6.04 Å². The van der Waals surface area contributed by atoms with Gasteiger partial charge in [-0.3, -0.25) is 9.69 Å². The molecule has 3 atom stereocenters. The summed E-state index contributed by atoms with van der Waals surface area (Å²) in [5.74, 6) is 0.282. The van der Waals surface area contributed by atoms with Crippen molar-refractivity contribution in [2.45, 2.75) is 75.8 Å². The van der Waals surface area contributed by atoms with Crippen LogP contribution in [0, 0.1) is 0 Å². The van der Waals surface area contributed by atoms with E-state index < -0.39 is 6.04 Å². The van der Waals surface area contributed by atoms with Gasteiger partial charge in [-0.25, -0.2) is 4.79 Å². The van der Waals surface area contributed by atoms with Crippen LogP contribution in [0.1, 0.15) is 60.9 Å². The monoisotopic (exact) mass is 428 g/mol. The fraction of sp³-hybridized carbons (Fsp3) is 0.609. The first kappa shape index (κ1) is 20.5. The first-order valence-electron chi connectivity index (χ1n) is 11.4. The fourth-order valence-corrected chi connectivity index (χ4v) is 5.50. The smallest absolute Gasteiger partial charge is 0.388 e. The van der Waals surface area contributed by atoms with Gasteiger partial charge in [0.2, 0.25) is 0 Å². The van der Waals surface area contributed by atoms with Gasteiger partial charge in [-0.2, -0.15) is 0 Å². The summed E-state index contributed by atoms with van der Waals surface area (Å²) in [6.07, 6.45) is 5.56. The summed E-state index contributed by atoms with van der Waals surface area (Å²) in [6.45, 7) is 2.22. The number of carbonyl (C=O) groups is 2. The lowest BCUT2D eigenvalue weighted by Crippen LogP contribution is -2.82. The SMILES string of the molecule is O=C1CCC(N2Cc3cc(OC4CCCC4N4CCC(O)CC4)ccc3C2=O)C(O)=[NH+]1. The zero-order valence-corrected chi connectivity index (χ0v) is 17.6. The maximum Gasteiger partial charge on any atom is 0.388 e. The van der Waals surface area contributed by atoms with E-state index in [1.807, 2.05) is 18.2 Å². The van der Waals surface area contributed by atoms with Gasteiger partial charge in [-0.05, 0) is 62.3 Å². The van der Waals surface area contributed by atoms with E-state index in [0.29, 0.717) is 31.0 Å². The van der Waals surface area contributed by atoms with Crippen LogP contribution in [-0.2, 0) is 11.3 Å². The number of rotatable bonds is 4. The molecule has 1 saturated heterocycles. The number of piperidine rings is 1. The van der Waals surface area contributed by atoms with E-state index >= 15 is 0 Å². The van der Waals surface area contributed by atoms with E-state index in [0.717, 1.165) is 56.5 Å². The van der Waals surface area contributed by atoms with Crippen molar-refractivity contribution in [3.63, 3.8) is 0 Å². The summed E-state index contributed by atoms with van der Waals surface area (Å²) in [6, 6.07) is 5.50. The number of nitrogens with one attached hydrogen (secondary N) is 1. The Bertz CT molecular complexity index is 908. The normalized spacial score (nSPS) is 29.9. The number of benzene rings is 1. The summed E-state index contributed by atoms with van der Waals surface area (Å²) in [5, 5.41) is 20.0. The average Bonchev–Trinajstić information content (AvgIpc) is 3.33. The van der Waals surface area contributed by atoms with Gasteiger partial charge < -0.3 is 19.8 Å². The summed E-state index contributed by atoms with van der Waals surface area (Å²) >= 11 is 0. The Morgan fingerprint density at radius 2 is 1.87 bits per heavy atom. The van der Waals surface area contributed by atoms with Crippen molar-refractivity contribution in [1.82, 2.24) is 9.80 Å². The Kier molecular flexibility index (Phi) is 5.44. The minimum absolute atomic E-state index is 0.118. The molecule has 2 amide bonds. The Morgan fingerprint density at radius 1 is 1.06 bits per heavy atom.